The van der Waals surface area contributed by atoms with Crippen LogP contribution in [0.15, 0.2) is 0 Å². The highest BCUT2D eigenvalue weighted by Gasteiger charge is 2.34. The summed E-state index contributed by atoms with van der Waals surface area (Å²) < 4.78 is 5.33. The molecule has 2 N–H and O–H groups in total. The lowest BCUT2D eigenvalue weighted by atomic mass is 10.0. The van der Waals surface area contributed by atoms with E-state index in [2.05, 4.69) is 22.6 Å². The fourth-order valence-corrected chi connectivity index (χ4v) is 2.46. The summed E-state index contributed by atoms with van der Waals surface area (Å²) in [4.78, 5) is 14.3. The van der Waals surface area contributed by atoms with E-state index in [1.54, 1.807) is 0 Å². The molecular formula is C11H21N3O2. The van der Waals surface area contributed by atoms with Gasteiger partial charge in [0.2, 0.25) is 5.91 Å². The third-order valence-corrected chi connectivity index (χ3v) is 3.53. The van der Waals surface area contributed by atoms with Crippen LogP contribution in [0.5, 0.6) is 0 Å². The van der Waals surface area contributed by atoms with Gasteiger partial charge in [-0.05, 0) is 27.1 Å². The van der Waals surface area contributed by atoms with Gasteiger partial charge in [-0.15, -0.1) is 0 Å². The number of rotatable bonds is 3. The number of nitrogens with one attached hydrogen (secondary N) is 2. The van der Waals surface area contributed by atoms with Gasteiger partial charge in [0.1, 0.15) is 0 Å². The maximum absolute atomic E-state index is 12.0. The van der Waals surface area contributed by atoms with Gasteiger partial charge in [-0.2, -0.15) is 0 Å². The molecule has 1 amide bonds. The van der Waals surface area contributed by atoms with Crippen LogP contribution in [-0.4, -0.2) is 63.3 Å². The SMILES string of the molecule is CNC1COCC1C(=O)NC1CCN(C)C1. The monoisotopic (exact) mass is 227 g/mol. The summed E-state index contributed by atoms with van der Waals surface area (Å²) in [5.41, 5.74) is 0. The van der Waals surface area contributed by atoms with Crippen LogP contribution in [0.25, 0.3) is 0 Å². The van der Waals surface area contributed by atoms with Crippen molar-refractivity contribution in [2.75, 3.05) is 40.4 Å². The summed E-state index contributed by atoms with van der Waals surface area (Å²) in [6.45, 7) is 3.21. The van der Waals surface area contributed by atoms with Crippen molar-refractivity contribution in [2.24, 2.45) is 5.92 Å². The van der Waals surface area contributed by atoms with Crippen LogP contribution < -0.4 is 10.6 Å². The van der Waals surface area contributed by atoms with Crippen molar-refractivity contribution < 1.29 is 9.53 Å². The molecule has 0 radical (unpaired) electrons. The minimum Gasteiger partial charge on any atom is -0.379 e. The molecular weight excluding hydrogens is 206 g/mol. The minimum absolute atomic E-state index is 0.0316. The molecule has 5 nitrogen and oxygen atoms in total. The molecule has 92 valence electrons. The Balaban J connectivity index is 1.83. The molecule has 2 aliphatic heterocycles. The van der Waals surface area contributed by atoms with Crippen molar-refractivity contribution in [1.29, 1.82) is 0 Å². The number of ether oxygens (including phenoxy) is 1. The van der Waals surface area contributed by atoms with Crippen molar-refractivity contribution in [3.05, 3.63) is 0 Å². The molecule has 2 aliphatic rings. The molecule has 3 unspecified atom stereocenters. The number of carbonyl (C=O) groups excluding carboxylic acids is 1. The van der Waals surface area contributed by atoms with E-state index < -0.39 is 0 Å². The molecule has 2 saturated heterocycles. The van der Waals surface area contributed by atoms with Gasteiger partial charge >= 0.3 is 0 Å². The Morgan fingerprint density at radius 1 is 1.44 bits per heavy atom. The van der Waals surface area contributed by atoms with E-state index >= 15 is 0 Å². The van der Waals surface area contributed by atoms with E-state index in [0.717, 1.165) is 19.5 Å². The average molecular weight is 227 g/mol. The van der Waals surface area contributed by atoms with Gasteiger partial charge in [-0.1, -0.05) is 0 Å². The van der Waals surface area contributed by atoms with E-state index in [1.807, 2.05) is 7.05 Å². The molecule has 16 heavy (non-hydrogen) atoms. The Morgan fingerprint density at radius 2 is 2.25 bits per heavy atom. The van der Waals surface area contributed by atoms with Crippen LogP contribution in [-0.2, 0) is 9.53 Å². The summed E-state index contributed by atoms with van der Waals surface area (Å²) >= 11 is 0. The zero-order chi connectivity index (χ0) is 11.5. The number of amides is 1. The predicted molar refractivity (Wildman–Crippen MR) is 61.2 cm³/mol. The Kier molecular flexibility index (Phi) is 3.78. The number of hydrogen-bond donors (Lipinski definition) is 2. The molecule has 0 saturated carbocycles. The molecule has 2 fully saturated rings. The molecule has 0 spiro atoms. The van der Waals surface area contributed by atoms with Crippen molar-refractivity contribution >= 4 is 5.91 Å². The fourth-order valence-electron chi connectivity index (χ4n) is 2.46. The first-order valence-electron chi connectivity index (χ1n) is 5.94. The Hall–Kier alpha value is -0.650. The van der Waals surface area contributed by atoms with Crippen molar-refractivity contribution in [2.45, 2.75) is 18.5 Å². The third kappa shape index (κ3) is 2.53. The maximum Gasteiger partial charge on any atom is 0.227 e. The first-order chi connectivity index (χ1) is 7.70. The summed E-state index contributed by atoms with van der Waals surface area (Å²) in [5, 5.41) is 6.25. The standard InChI is InChI=1S/C11H21N3O2/c1-12-10-7-16-6-9(10)11(15)13-8-3-4-14(2)5-8/h8-10,12H,3-7H2,1-2H3,(H,13,15). The predicted octanol–water partition coefficient (Wildman–Crippen LogP) is -0.959. The first-order valence-corrected chi connectivity index (χ1v) is 5.94. The molecule has 3 atom stereocenters. The summed E-state index contributed by atoms with van der Waals surface area (Å²) in [6, 6.07) is 0.481. The zero-order valence-corrected chi connectivity index (χ0v) is 10.0. The third-order valence-electron chi connectivity index (χ3n) is 3.53. The highest BCUT2D eigenvalue weighted by molar-refractivity contribution is 5.80. The molecule has 5 heteroatoms. The van der Waals surface area contributed by atoms with Gasteiger partial charge in [0.05, 0.1) is 19.1 Å². The summed E-state index contributed by atoms with van der Waals surface area (Å²) in [5.74, 6) is 0.105. The molecule has 0 bridgehead atoms. The maximum atomic E-state index is 12.0. The number of likely N-dealkylation sites (N-methyl/N-ethyl adjacent to an activating group) is 2. The smallest absolute Gasteiger partial charge is 0.227 e. The van der Waals surface area contributed by atoms with E-state index in [-0.39, 0.29) is 17.9 Å². The summed E-state index contributed by atoms with van der Waals surface area (Å²) in [7, 11) is 3.96. The molecule has 0 aromatic carbocycles. The van der Waals surface area contributed by atoms with Crippen LogP contribution >= 0.6 is 0 Å². The number of hydrogen-bond acceptors (Lipinski definition) is 4. The van der Waals surface area contributed by atoms with Gasteiger partial charge in [-0.3, -0.25) is 4.79 Å². The second-order valence-corrected chi connectivity index (χ2v) is 4.80. The fraction of sp³-hybridized carbons (Fsp3) is 0.909. The van der Waals surface area contributed by atoms with Gasteiger partial charge in [0, 0.05) is 18.6 Å². The van der Waals surface area contributed by atoms with E-state index in [9.17, 15) is 4.79 Å². The van der Waals surface area contributed by atoms with Crippen LogP contribution in [0.2, 0.25) is 0 Å². The quantitative estimate of drug-likeness (QED) is 0.652. The average Bonchev–Trinajstić information content (AvgIpc) is 2.86. The van der Waals surface area contributed by atoms with Crippen molar-refractivity contribution in [1.82, 2.24) is 15.5 Å². The molecule has 0 aromatic heterocycles. The van der Waals surface area contributed by atoms with Crippen LogP contribution in [0.3, 0.4) is 0 Å². The second-order valence-electron chi connectivity index (χ2n) is 4.80. The first kappa shape index (κ1) is 11.8. The zero-order valence-electron chi connectivity index (χ0n) is 10.0. The Bertz CT molecular complexity index is 260. The molecule has 0 aromatic rings. The number of likely N-dealkylation sites (tertiary alicyclic amines) is 1. The van der Waals surface area contributed by atoms with Gasteiger partial charge in [0.25, 0.3) is 0 Å². The van der Waals surface area contributed by atoms with Gasteiger partial charge in [0.15, 0.2) is 0 Å². The van der Waals surface area contributed by atoms with E-state index in [4.69, 9.17) is 4.74 Å². The normalized spacial score (nSPS) is 35.5. The Labute approximate surface area is 96.5 Å². The number of nitrogens with zero attached hydrogens (tertiary/aromatic N) is 1. The lowest BCUT2D eigenvalue weighted by Gasteiger charge is -2.19. The molecule has 0 aliphatic carbocycles. The molecule has 2 rings (SSSR count). The second kappa shape index (κ2) is 5.12. The summed E-state index contributed by atoms with van der Waals surface area (Å²) in [6.07, 6.45) is 1.06. The van der Waals surface area contributed by atoms with Crippen molar-refractivity contribution in [3.8, 4) is 0 Å². The van der Waals surface area contributed by atoms with Gasteiger partial charge in [-0.25, -0.2) is 0 Å². The number of carbonyl (C=O) groups is 1. The minimum atomic E-state index is -0.0316. The van der Waals surface area contributed by atoms with Crippen LogP contribution in [0, 0.1) is 5.92 Å². The highest BCUT2D eigenvalue weighted by Crippen LogP contribution is 2.15. The van der Waals surface area contributed by atoms with Gasteiger partial charge < -0.3 is 20.3 Å². The van der Waals surface area contributed by atoms with E-state index in [0.29, 0.717) is 19.3 Å². The highest BCUT2D eigenvalue weighted by atomic mass is 16.5. The van der Waals surface area contributed by atoms with E-state index in [1.165, 1.54) is 0 Å². The lowest BCUT2D eigenvalue weighted by molar-refractivity contribution is -0.126. The largest absolute Gasteiger partial charge is 0.379 e. The molecule has 2 heterocycles. The van der Waals surface area contributed by atoms with Crippen molar-refractivity contribution in [3.63, 3.8) is 0 Å². The van der Waals surface area contributed by atoms with Crippen LogP contribution in [0.1, 0.15) is 6.42 Å². The lowest BCUT2D eigenvalue weighted by Crippen LogP contribution is -2.46. The van der Waals surface area contributed by atoms with Crippen LogP contribution in [0.4, 0.5) is 0 Å². The Morgan fingerprint density at radius 3 is 2.88 bits per heavy atom. The topological polar surface area (TPSA) is 53.6 Å².